The number of aromatic nitrogens is 2. The second-order valence-corrected chi connectivity index (χ2v) is 10.5. The van der Waals surface area contributed by atoms with Gasteiger partial charge in [-0.2, -0.15) is 13.2 Å². The number of imidazole rings is 1. The highest BCUT2D eigenvalue weighted by Crippen LogP contribution is 2.29. The maximum absolute atomic E-state index is 14.0. The van der Waals surface area contributed by atoms with Crippen molar-refractivity contribution >= 4 is 22.8 Å². The molecule has 1 amide bonds. The normalized spacial score (nSPS) is 19.5. The van der Waals surface area contributed by atoms with Crippen LogP contribution < -0.4 is 11.1 Å². The molecule has 5 rings (SSSR count). The molecule has 1 aromatic heterocycles. The van der Waals surface area contributed by atoms with Gasteiger partial charge in [-0.1, -0.05) is 0 Å². The summed E-state index contributed by atoms with van der Waals surface area (Å²) in [4.78, 5) is 30.7. The molecule has 2 aromatic rings. The molecule has 0 spiro atoms. The number of hydrazone groups is 1. The van der Waals surface area contributed by atoms with Gasteiger partial charge in [0, 0.05) is 62.2 Å². The number of rotatable bonds is 7. The van der Waals surface area contributed by atoms with E-state index in [4.69, 9.17) is 0 Å². The first-order valence-corrected chi connectivity index (χ1v) is 13.4. The van der Waals surface area contributed by atoms with Crippen molar-refractivity contribution in [3.63, 3.8) is 0 Å². The molecular formula is C27H32F4N6O2. The first kappa shape index (κ1) is 27.2. The highest BCUT2D eigenvalue weighted by molar-refractivity contribution is 5.79. The van der Waals surface area contributed by atoms with E-state index in [2.05, 4.69) is 21.3 Å². The number of amides is 1. The number of carbonyl (C=O) groups excluding carboxylic acids is 1. The summed E-state index contributed by atoms with van der Waals surface area (Å²) in [6.45, 7) is 3.24. The molecule has 2 saturated heterocycles. The molecule has 8 nitrogen and oxygen atoms in total. The molecule has 12 heteroatoms. The Morgan fingerprint density at radius 2 is 1.82 bits per heavy atom. The van der Waals surface area contributed by atoms with E-state index in [0.717, 1.165) is 38.0 Å². The van der Waals surface area contributed by atoms with Gasteiger partial charge in [-0.05, 0) is 69.5 Å². The van der Waals surface area contributed by atoms with E-state index in [1.807, 2.05) is 11.0 Å². The topological polar surface area (TPSA) is 74.9 Å². The highest BCUT2D eigenvalue weighted by atomic mass is 19.4. The summed E-state index contributed by atoms with van der Waals surface area (Å²) in [5.74, 6) is 2.50. The van der Waals surface area contributed by atoms with Crippen LogP contribution in [0.4, 0.5) is 17.6 Å². The zero-order valence-electron chi connectivity index (χ0n) is 21.6. The van der Waals surface area contributed by atoms with Crippen LogP contribution in [0.5, 0.6) is 0 Å². The van der Waals surface area contributed by atoms with Crippen LogP contribution in [0, 0.1) is 11.7 Å². The van der Waals surface area contributed by atoms with E-state index < -0.39 is 24.1 Å². The van der Waals surface area contributed by atoms with Crippen molar-refractivity contribution in [3.05, 3.63) is 52.3 Å². The third kappa shape index (κ3) is 6.28. The molecule has 0 saturated carbocycles. The lowest BCUT2D eigenvalue weighted by Gasteiger charge is -2.37. The van der Waals surface area contributed by atoms with Crippen molar-refractivity contribution in [2.75, 3.05) is 32.7 Å². The average Bonchev–Trinajstić information content (AvgIpc) is 3.19. The molecule has 210 valence electrons. The van der Waals surface area contributed by atoms with Gasteiger partial charge in [0.05, 0.1) is 11.0 Å². The van der Waals surface area contributed by atoms with Gasteiger partial charge in [-0.15, -0.1) is 5.10 Å². The summed E-state index contributed by atoms with van der Waals surface area (Å²) in [7, 11) is 0. The van der Waals surface area contributed by atoms with Crippen molar-refractivity contribution in [2.45, 2.75) is 57.3 Å². The predicted octanol–water partition coefficient (Wildman–Crippen LogP) is 3.79. The molecule has 0 aliphatic carbocycles. The average molecular weight is 549 g/mol. The van der Waals surface area contributed by atoms with Crippen LogP contribution >= 0.6 is 0 Å². The van der Waals surface area contributed by atoms with Crippen molar-refractivity contribution in [1.82, 2.24) is 24.4 Å². The number of benzene rings is 1. The van der Waals surface area contributed by atoms with E-state index in [0.29, 0.717) is 37.0 Å². The summed E-state index contributed by atoms with van der Waals surface area (Å²) >= 11 is 0. The van der Waals surface area contributed by atoms with Crippen LogP contribution in [0.25, 0.3) is 11.0 Å². The first-order valence-electron chi connectivity index (χ1n) is 13.4. The van der Waals surface area contributed by atoms with Gasteiger partial charge in [0.1, 0.15) is 5.82 Å². The van der Waals surface area contributed by atoms with Crippen LogP contribution in [-0.4, -0.2) is 69.6 Å². The number of carbonyl (C=O) groups is 1. The van der Waals surface area contributed by atoms with Gasteiger partial charge in [0.25, 0.3) is 0 Å². The second kappa shape index (κ2) is 11.4. The molecule has 1 aromatic carbocycles. The summed E-state index contributed by atoms with van der Waals surface area (Å²) < 4.78 is 54.9. The van der Waals surface area contributed by atoms with Crippen LogP contribution in [0.3, 0.4) is 0 Å². The Morgan fingerprint density at radius 1 is 1.08 bits per heavy atom. The van der Waals surface area contributed by atoms with E-state index in [-0.39, 0.29) is 30.8 Å². The molecule has 0 radical (unpaired) electrons. The number of piperidine rings is 2. The van der Waals surface area contributed by atoms with Crippen LogP contribution in [0.2, 0.25) is 0 Å². The molecule has 0 unspecified atom stereocenters. The number of likely N-dealkylation sites (tertiary alicyclic amines) is 2. The lowest BCUT2D eigenvalue weighted by Crippen LogP contribution is -2.46. The SMILES string of the molecule is O=C(C1CCN(CC2=C=NNC=C2)CC1)N1CCC(n2c(=O)n(CCCC(F)(F)F)c3cc(F)ccc32)CC1. The Morgan fingerprint density at radius 3 is 2.49 bits per heavy atom. The Balaban J connectivity index is 1.21. The molecular weight excluding hydrogens is 516 g/mol. The van der Waals surface area contributed by atoms with Crippen LogP contribution in [0.1, 0.15) is 44.6 Å². The summed E-state index contributed by atoms with van der Waals surface area (Å²) in [6, 6.07) is 3.76. The first-order chi connectivity index (χ1) is 18.7. The molecule has 2 fully saturated rings. The van der Waals surface area contributed by atoms with Gasteiger partial charge in [-0.25, -0.2) is 9.18 Å². The number of aryl methyl sites for hydroxylation is 1. The second-order valence-electron chi connectivity index (χ2n) is 10.5. The molecule has 0 atom stereocenters. The zero-order chi connectivity index (χ0) is 27.6. The van der Waals surface area contributed by atoms with Gasteiger partial charge < -0.3 is 4.90 Å². The largest absolute Gasteiger partial charge is 0.389 e. The minimum absolute atomic E-state index is 0.0368. The highest BCUT2D eigenvalue weighted by Gasteiger charge is 2.33. The van der Waals surface area contributed by atoms with Crippen molar-refractivity contribution in [3.8, 4) is 0 Å². The molecule has 3 aliphatic heterocycles. The molecule has 1 N–H and O–H groups in total. The molecule has 4 heterocycles. The Hall–Kier alpha value is -3.37. The standard InChI is InChI=1S/C27H32F4N6O2/c28-21-2-3-23-24(16-21)36(11-1-9-27(29,30)31)26(39)37(23)22-7-14-35(15-8-22)25(38)20-5-12-34(13-6-20)18-19-4-10-32-33-17-19/h2-4,10,16,20,22,32H,1,5-9,11-15,18H2. The lowest BCUT2D eigenvalue weighted by atomic mass is 9.93. The Bertz CT molecular complexity index is 1350. The fraction of sp³-hybridized carbons (Fsp3) is 0.556. The van der Waals surface area contributed by atoms with Gasteiger partial charge in [0.15, 0.2) is 0 Å². The zero-order valence-corrected chi connectivity index (χ0v) is 21.6. The van der Waals surface area contributed by atoms with Crippen molar-refractivity contribution in [1.29, 1.82) is 0 Å². The van der Waals surface area contributed by atoms with E-state index in [1.54, 1.807) is 10.8 Å². The number of nitrogens with one attached hydrogen (secondary N) is 1. The Kier molecular flexibility index (Phi) is 7.95. The summed E-state index contributed by atoms with van der Waals surface area (Å²) in [5.41, 5.74) is 4.10. The number of fused-ring (bicyclic) bond motifs is 1. The third-order valence-corrected chi connectivity index (χ3v) is 7.86. The quantitative estimate of drug-likeness (QED) is 0.535. The van der Waals surface area contributed by atoms with Crippen molar-refractivity contribution in [2.24, 2.45) is 11.0 Å². The van der Waals surface area contributed by atoms with Crippen molar-refractivity contribution < 1.29 is 22.4 Å². The van der Waals surface area contributed by atoms with Crippen LogP contribution in [0.15, 0.2) is 45.9 Å². The maximum atomic E-state index is 14.0. The van der Waals surface area contributed by atoms with Gasteiger partial charge >= 0.3 is 11.9 Å². The third-order valence-electron chi connectivity index (χ3n) is 7.86. The number of alkyl halides is 3. The minimum Gasteiger partial charge on any atom is -0.342 e. The molecule has 39 heavy (non-hydrogen) atoms. The Labute approximate surface area is 223 Å². The van der Waals surface area contributed by atoms with E-state index in [9.17, 15) is 27.2 Å². The van der Waals surface area contributed by atoms with E-state index in [1.165, 1.54) is 22.8 Å². The maximum Gasteiger partial charge on any atom is 0.389 e. The number of halogens is 4. The van der Waals surface area contributed by atoms with Crippen LogP contribution in [-0.2, 0) is 11.3 Å². The summed E-state index contributed by atoms with van der Waals surface area (Å²) in [5, 5.41) is 3.91. The molecule has 0 bridgehead atoms. The summed E-state index contributed by atoms with van der Waals surface area (Å²) in [6.07, 6.45) is 0.781. The smallest absolute Gasteiger partial charge is 0.342 e. The number of hydrogen-bond acceptors (Lipinski definition) is 5. The number of hydrogen-bond donors (Lipinski definition) is 1. The monoisotopic (exact) mass is 548 g/mol. The van der Waals surface area contributed by atoms with E-state index >= 15 is 0 Å². The lowest BCUT2D eigenvalue weighted by molar-refractivity contribution is -0.138. The molecule has 3 aliphatic rings. The van der Waals surface area contributed by atoms with Gasteiger partial charge in [0.2, 0.25) is 5.91 Å². The fourth-order valence-electron chi connectivity index (χ4n) is 5.85. The number of nitrogens with zero attached hydrogens (tertiary/aromatic N) is 5. The predicted molar refractivity (Wildman–Crippen MR) is 139 cm³/mol. The minimum atomic E-state index is -4.32. The van der Waals surface area contributed by atoms with Gasteiger partial charge in [-0.3, -0.25) is 24.3 Å². The fourth-order valence-corrected chi connectivity index (χ4v) is 5.85.